The fourth-order valence-corrected chi connectivity index (χ4v) is 6.32. The van der Waals surface area contributed by atoms with Crippen molar-refractivity contribution < 1.29 is 42.1 Å². The Hall–Kier alpha value is -3.07. The van der Waals surface area contributed by atoms with Gasteiger partial charge in [-0.25, -0.2) is 4.57 Å². The van der Waals surface area contributed by atoms with Gasteiger partial charge in [0.2, 0.25) is 0 Å². The molecule has 0 aromatic carbocycles. The van der Waals surface area contributed by atoms with Crippen molar-refractivity contribution in [1.82, 2.24) is 0 Å². The molecule has 0 rings (SSSR count). The van der Waals surface area contributed by atoms with E-state index in [0.717, 1.165) is 89.9 Å². The second-order valence-electron chi connectivity index (χ2n) is 16.0. The molecule has 2 unspecified atom stereocenters. The Morgan fingerprint density at radius 1 is 0.517 bits per heavy atom. The standard InChI is InChI=1S/C50H84NO8P/c1-6-8-10-12-14-16-18-20-22-23-24-25-26-27-29-31-33-35-37-39-41-43-50(53)59-48(47-58-60(54,55)57-45-44-51(3,4)5)46-56-49(52)42-40-38-36-34-32-30-28-21-19-17-15-13-11-9-7-2/h8-11,14-17,20-22,24-25,28,32,34,48H,6-7,12-13,18-19,23,26-27,29-31,33,35-47H2,1-5H3/p+1/b10-8-,11-9-,16-14-,17-15-,22-20-,25-24-,28-21-,34-32-. The summed E-state index contributed by atoms with van der Waals surface area (Å²) in [5, 5.41) is 0. The maximum absolute atomic E-state index is 12.7. The molecule has 0 radical (unpaired) electrons. The molecule has 0 bridgehead atoms. The smallest absolute Gasteiger partial charge is 0.462 e. The summed E-state index contributed by atoms with van der Waals surface area (Å²) in [6.45, 7) is 4.11. The van der Waals surface area contributed by atoms with Crippen LogP contribution in [0.4, 0.5) is 0 Å². The van der Waals surface area contributed by atoms with Gasteiger partial charge in [0.25, 0.3) is 0 Å². The Morgan fingerprint density at radius 2 is 0.900 bits per heavy atom. The molecule has 0 fully saturated rings. The zero-order chi connectivity index (χ0) is 44.3. The number of carbonyl (C=O) groups excluding carboxylic acids is 2. The Balaban J connectivity index is 4.40. The number of allylic oxidation sites excluding steroid dienone is 16. The Kier molecular flexibility index (Phi) is 39.2. The highest BCUT2D eigenvalue weighted by atomic mass is 31.2. The van der Waals surface area contributed by atoms with Gasteiger partial charge in [-0.15, -0.1) is 0 Å². The first kappa shape index (κ1) is 56.9. The number of unbranched alkanes of at least 4 members (excludes halogenated alkanes) is 10. The van der Waals surface area contributed by atoms with Crippen LogP contribution in [0, 0.1) is 0 Å². The van der Waals surface area contributed by atoms with Crippen LogP contribution in [0.15, 0.2) is 97.2 Å². The van der Waals surface area contributed by atoms with Crippen LogP contribution in [0.1, 0.15) is 155 Å². The summed E-state index contributed by atoms with van der Waals surface area (Å²) in [6, 6.07) is 0. The number of nitrogens with zero attached hydrogens (tertiary/aromatic N) is 1. The van der Waals surface area contributed by atoms with Gasteiger partial charge in [0.1, 0.15) is 19.8 Å². The van der Waals surface area contributed by atoms with Crippen molar-refractivity contribution in [1.29, 1.82) is 0 Å². The van der Waals surface area contributed by atoms with Crippen molar-refractivity contribution in [2.75, 3.05) is 47.5 Å². The summed E-state index contributed by atoms with van der Waals surface area (Å²) in [5.74, 6) is -0.866. The lowest BCUT2D eigenvalue weighted by atomic mass is 10.1. The summed E-state index contributed by atoms with van der Waals surface area (Å²) in [5.41, 5.74) is 0. The fraction of sp³-hybridized carbons (Fsp3) is 0.640. The van der Waals surface area contributed by atoms with Crippen LogP contribution < -0.4 is 0 Å². The summed E-state index contributed by atoms with van der Waals surface area (Å²) in [6.07, 6.45) is 54.6. The van der Waals surface area contributed by atoms with Crippen molar-refractivity contribution in [3.63, 3.8) is 0 Å². The molecule has 0 heterocycles. The number of hydrogen-bond donors (Lipinski definition) is 1. The zero-order valence-electron chi connectivity index (χ0n) is 38.4. The highest BCUT2D eigenvalue weighted by Gasteiger charge is 2.27. The molecular weight excluding hydrogens is 774 g/mol. The van der Waals surface area contributed by atoms with Gasteiger partial charge in [-0.05, 0) is 89.9 Å². The number of carbonyl (C=O) groups is 2. The molecule has 0 aromatic rings. The molecule has 342 valence electrons. The minimum atomic E-state index is -4.40. The molecule has 0 saturated heterocycles. The quantitative estimate of drug-likeness (QED) is 0.0213. The highest BCUT2D eigenvalue weighted by molar-refractivity contribution is 7.47. The normalized spacial score (nSPS) is 14.4. The Morgan fingerprint density at radius 3 is 1.37 bits per heavy atom. The molecule has 10 heteroatoms. The van der Waals surface area contributed by atoms with E-state index in [1.54, 1.807) is 0 Å². The molecule has 0 spiro atoms. The van der Waals surface area contributed by atoms with E-state index in [9.17, 15) is 19.0 Å². The summed E-state index contributed by atoms with van der Waals surface area (Å²) in [7, 11) is 1.43. The minimum Gasteiger partial charge on any atom is -0.462 e. The maximum Gasteiger partial charge on any atom is 0.472 e. The molecule has 0 aromatic heterocycles. The molecule has 9 nitrogen and oxygen atoms in total. The van der Waals surface area contributed by atoms with Crippen molar-refractivity contribution in [2.24, 2.45) is 0 Å². The van der Waals surface area contributed by atoms with Crippen molar-refractivity contribution in [2.45, 2.75) is 161 Å². The van der Waals surface area contributed by atoms with E-state index in [4.69, 9.17) is 18.5 Å². The van der Waals surface area contributed by atoms with E-state index in [0.29, 0.717) is 23.9 Å². The molecule has 1 N–H and O–H groups in total. The second-order valence-corrected chi connectivity index (χ2v) is 17.5. The molecule has 0 aliphatic heterocycles. The predicted molar refractivity (Wildman–Crippen MR) is 252 cm³/mol. The average molecular weight is 859 g/mol. The number of rotatable bonds is 40. The largest absolute Gasteiger partial charge is 0.472 e. The van der Waals surface area contributed by atoms with E-state index in [-0.39, 0.29) is 26.1 Å². The van der Waals surface area contributed by atoms with Crippen molar-refractivity contribution in [3.8, 4) is 0 Å². The fourth-order valence-electron chi connectivity index (χ4n) is 5.58. The number of ether oxygens (including phenoxy) is 2. The molecule has 2 atom stereocenters. The molecular formula is C50H85NO8P+. The number of quaternary nitrogens is 1. The van der Waals surface area contributed by atoms with Gasteiger partial charge in [-0.2, -0.15) is 0 Å². The molecule has 0 saturated carbocycles. The predicted octanol–water partition coefficient (Wildman–Crippen LogP) is 13.4. The van der Waals surface area contributed by atoms with Gasteiger partial charge < -0.3 is 18.9 Å². The Bertz CT molecular complexity index is 1340. The first-order chi connectivity index (χ1) is 29.0. The monoisotopic (exact) mass is 859 g/mol. The number of phosphoric ester groups is 1. The van der Waals surface area contributed by atoms with Crippen LogP contribution in [0.5, 0.6) is 0 Å². The number of phosphoric acid groups is 1. The van der Waals surface area contributed by atoms with Crippen LogP contribution in [-0.4, -0.2) is 74.9 Å². The lowest BCUT2D eigenvalue weighted by Crippen LogP contribution is -2.37. The van der Waals surface area contributed by atoms with E-state index in [2.05, 4.69) is 111 Å². The van der Waals surface area contributed by atoms with Crippen molar-refractivity contribution >= 4 is 19.8 Å². The number of likely N-dealkylation sites (N-methyl/N-ethyl adjacent to an activating group) is 1. The van der Waals surface area contributed by atoms with E-state index in [1.807, 2.05) is 21.1 Å². The van der Waals surface area contributed by atoms with Crippen LogP contribution in [0.2, 0.25) is 0 Å². The third-order valence-corrected chi connectivity index (χ3v) is 10.1. The third kappa shape index (κ3) is 44.5. The van der Waals surface area contributed by atoms with Crippen LogP contribution in [-0.2, 0) is 32.7 Å². The van der Waals surface area contributed by atoms with Crippen LogP contribution in [0.3, 0.4) is 0 Å². The molecule has 0 aliphatic carbocycles. The molecule has 60 heavy (non-hydrogen) atoms. The van der Waals surface area contributed by atoms with Gasteiger partial charge >= 0.3 is 19.8 Å². The van der Waals surface area contributed by atoms with Gasteiger partial charge in [0.15, 0.2) is 6.10 Å². The van der Waals surface area contributed by atoms with E-state index < -0.39 is 32.5 Å². The average Bonchev–Trinajstić information content (AvgIpc) is 3.20. The maximum atomic E-state index is 12.7. The lowest BCUT2D eigenvalue weighted by molar-refractivity contribution is -0.870. The zero-order valence-corrected chi connectivity index (χ0v) is 39.3. The lowest BCUT2D eigenvalue weighted by Gasteiger charge is -2.24. The third-order valence-electron chi connectivity index (χ3n) is 9.11. The van der Waals surface area contributed by atoms with Gasteiger partial charge in [0, 0.05) is 12.8 Å². The second kappa shape index (κ2) is 41.3. The highest BCUT2D eigenvalue weighted by Crippen LogP contribution is 2.43. The van der Waals surface area contributed by atoms with Gasteiger partial charge in [-0.3, -0.25) is 18.6 Å². The Labute approximate surface area is 366 Å². The van der Waals surface area contributed by atoms with E-state index >= 15 is 0 Å². The number of esters is 2. The molecule has 0 amide bonds. The van der Waals surface area contributed by atoms with E-state index in [1.165, 1.54) is 25.7 Å². The van der Waals surface area contributed by atoms with Gasteiger partial charge in [0.05, 0.1) is 27.7 Å². The number of hydrogen-bond acceptors (Lipinski definition) is 7. The first-order valence-corrected chi connectivity index (χ1v) is 24.5. The first-order valence-electron chi connectivity index (χ1n) is 23.0. The topological polar surface area (TPSA) is 108 Å². The summed E-state index contributed by atoms with van der Waals surface area (Å²) < 4.78 is 34.3. The van der Waals surface area contributed by atoms with Crippen LogP contribution in [0.25, 0.3) is 0 Å². The summed E-state index contributed by atoms with van der Waals surface area (Å²) in [4.78, 5) is 35.4. The van der Waals surface area contributed by atoms with Crippen molar-refractivity contribution in [3.05, 3.63) is 97.2 Å². The SMILES string of the molecule is CC/C=C\C/C=C\C/C=C\C/C=C\CCCCCCCCCCC(=O)OC(COC(=O)CCCC/C=C\C/C=C\C/C=C\C/C=C\CC)COP(=O)(O)OCC[N+](C)(C)C. The molecule has 0 aliphatic rings. The van der Waals surface area contributed by atoms with Crippen LogP contribution >= 0.6 is 7.82 Å². The minimum absolute atomic E-state index is 0.0175. The summed E-state index contributed by atoms with van der Waals surface area (Å²) >= 11 is 0. The van der Waals surface area contributed by atoms with Gasteiger partial charge in [-0.1, -0.05) is 150 Å².